The number of anilines is 2. The quantitative estimate of drug-likeness (QED) is 0.826. The minimum atomic E-state index is -0.554. The Morgan fingerprint density at radius 3 is 2.82 bits per heavy atom. The maximum atomic E-state index is 13.5. The molecule has 146 valence electrons. The van der Waals surface area contributed by atoms with Crippen LogP contribution in [-0.2, 0) is 23.1 Å². The standard InChI is InChI=1S/C21H25N5O2/c1-28-20-23-16-13-21(8-4-6-14-5-2-3-7-15(14)21)19(27)24-17(16)18(25-20)26-11-9-22-10-12-26/h2-3,5,7,22H,4,6,8-13H2,1H3,(H,24,27). The summed E-state index contributed by atoms with van der Waals surface area (Å²) < 4.78 is 5.41. The molecule has 1 fully saturated rings. The molecule has 0 saturated carbocycles. The number of hydrogen-bond donors (Lipinski definition) is 2. The lowest BCUT2D eigenvalue weighted by atomic mass is 9.65. The maximum absolute atomic E-state index is 13.5. The predicted molar refractivity (Wildman–Crippen MR) is 107 cm³/mol. The van der Waals surface area contributed by atoms with Crippen molar-refractivity contribution >= 4 is 17.4 Å². The number of methoxy groups -OCH3 is 1. The van der Waals surface area contributed by atoms with Crippen LogP contribution in [0.5, 0.6) is 6.01 Å². The van der Waals surface area contributed by atoms with Crippen LogP contribution < -0.4 is 20.3 Å². The van der Waals surface area contributed by atoms with Gasteiger partial charge >= 0.3 is 6.01 Å². The lowest BCUT2D eigenvalue weighted by molar-refractivity contribution is -0.122. The molecule has 1 spiro atoms. The summed E-state index contributed by atoms with van der Waals surface area (Å²) >= 11 is 0. The van der Waals surface area contributed by atoms with Crippen LogP contribution in [0.25, 0.3) is 0 Å². The summed E-state index contributed by atoms with van der Waals surface area (Å²) in [5.74, 6) is 0.841. The predicted octanol–water partition coefficient (Wildman–Crippen LogP) is 1.66. The van der Waals surface area contributed by atoms with Gasteiger partial charge in [-0.05, 0) is 30.4 Å². The second kappa shape index (κ2) is 6.74. The highest BCUT2D eigenvalue weighted by atomic mass is 16.5. The van der Waals surface area contributed by atoms with Crippen molar-refractivity contribution in [3.05, 3.63) is 41.1 Å². The highest BCUT2D eigenvalue weighted by Crippen LogP contribution is 2.46. The molecule has 1 aromatic carbocycles. The average Bonchev–Trinajstić information content (AvgIpc) is 2.75. The fourth-order valence-electron chi connectivity index (χ4n) is 4.86. The van der Waals surface area contributed by atoms with Gasteiger partial charge in [0.25, 0.3) is 0 Å². The Kier molecular flexibility index (Phi) is 4.19. The van der Waals surface area contributed by atoms with Crippen molar-refractivity contribution in [3.8, 4) is 6.01 Å². The van der Waals surface area contributed by atoms with Gasteiger partial charge in [-0.15, -0.1) is 0 Å². The molecular formula is C21H25N5O2. The Balaban J connectivity index is 1.62. The van der Waals surface area contributed by atoms with E-state index in [0.717, 1.165) is 68.2 Å². The number of carbonyl (C=O) groups is 1. The first-order valence-corrected chi connectivity index (χ1v) is 10.0. The van der Waals surface area contributed by atoms with Crippen molar-refractivity contribution in [1.29, 1.82) is 0 Å². The SMILES string of the molecule is COc1nc2c(c(N3CCNCC3)n1)NC(=O)C1(CCCc3ccccc31)C2. The highest BCUT2D eigenvalue weighted by molar-refractivity contribution is 6.04. The Bertz CT molecular complexity index is 925. The number of aryl methyl sites for hydroxylation is 1. The smallest absolute Gasteiger partial charge is 0.318 e. The lowest BCUT2D eigenvalue weighted by Gasteiger charge is -2.42. The minimum Gasteiger partial charge on any atom is -0.467 e. The van der Waals surface area contributed by atoms with Crippen molar-refractivity contribution in [2.24, 2.45) is 0 Å². The van der Waals surface area contributed by atoms with E-state index < -0.39 is 5.41 Å². The normalized spacial score (nSPS) is 23.8. The molecule has 1 saturated heterocycles. The summed E-state index contributed by atoms with van der Waals surface area (Å²) in [4.78, 5) is 24.9. The molecule has 28 heavy (non-hydrogen) atoms. The van der Waals surface area contributed by atoms with Gasteiger partial charge in [-0.2, -0.15) is 9.97 Å². The van der Waals surface area contributed by atoms with Gasteiger partial charge in [0.2, 0.25) is 5.91 Å². The van der Waals surface area contributed by atoms with Gasteiger partial charge in [0, 0.05) is 32.6 Å². The van der Waals surface area contributed by atoms with E-state index in [1.165, 1.54) is 5.56 Å². The number of aromatic nitrogens is 2. The first kappa shape index (κ1) is 17.4. The molecule has 7 heteroatoms. The molecule has 1 aliphatic carbocycles. The van der Waals surface area contributed by atoms with Crippen molar-refractivity contribution < 1.29 is 9.53 Å². The second-order valence-corrected chi connectivity index (χ2v) is 7.82. The van der Waals surface area contributed by atoms with Crippen molar-refractivity contribution in [2.45, 2.75) is 31.1 Å². The van der Waals surface area contributed by atoms with Crippen LogP contribution in [0.2, 0.25) is 0 Å². The average molecular weight is 379 g/mol. The van der Waals surface area contributed by atoms with E-state index >= 15 is 0 Å². The number of amides is 1. The zero-order chi connectivity index (χ0) is 19.1. The zero-order valence-electron chi connectivity index (χ0n) is 16.1. The molecule has 1 aromatic heterocycles. The van der Waals surface area contributed by atoms with Gasteiger partial charge in [0.05, 0.1) is 18.2 Å². The number of benzene rings is 1. The van der Waals surface area contributed by atoms with Crippen LogP contribution in [0.15, 0.2) is 24.3 Å². The largest absolute Gasteiger partial charge is 0.467 e. The van der Waals surface area contributed by atoms with Crippen LogP contribution >= 0.6 is 0 Å². The molecule has 2 N–H and O–H groups in total. The summed E-state index contributed by atoms with van der Waals surface area (Å²) in [5.41, 5.74) is 3.49. The molecule has 1 unspecified atom stereocenters. The summed E-state index contributed by atoms with van der Waals surface area (Å²) in [5, 5.41) is 6.55. The van der Waals surface area contributed by atoms with E-state index in [9.17, 15) is 4.79 Å². The van der Waals surface area contributed by atoms with E-state index in [0.29, 0.717) is 12.4 Å². The Morgan fingerprint density at radius 2 is 2.00 bits per heavy atom. The number of hydrogen-bond acceptors (Lipinski definition) is 6. The van der Waals surface area contributed by atoms with Gasteiger partial charge in [-0.3, -0.25) is 4.79 Å². The topological polar surface area (TPSA) is 79.4 Å². The fraction of sp³-hybridized carbons (Fsp3) is 0.476. The summed E-state index contributed by atoms with van der Waals surface area (Å²) in [6.07, 6.45) is 3.46. The van der Waals surface area contributed by atoms with Crippen LogP contribution in [0.4, 0.5) is 11.5 Å². The molecule has 3 aliphatic rings. The molecule has 3 heterocycles. The number of piperazine rings is 1. The van der Waals surface area contributed by atoms with Crippen LogP contribution in [0, 0.1) is 0 Å². The van der Waals surface area contributed by atoms with Crippen molar-refractivity contribution in [2.75, 3.05) is 43.5 Å². The summed E-state index contributed by atoms with van der Waals surface area (Å²) in [7, 11) is 1.59. The highest BCUT2D eigenvalue weighted by Gasteiger charge is 2.48. The van der Waals surface area contributed by atoms with Crippen molar-refractivity contribution in [3.63, 3.8) is 0 Å². The van der Waals surface area contributed by atoms with E-state index in [1.54, 1.807) is 7.11 Å². The van der Waals surface area contributed by atoms with Crippen LogP contribution in [0.1, 0.15) is 29.7 Å². The van der Waals surface area contributed by atoms with Crippen LogP contribution in [-0.4, -0.2) is 49.2 Å². The maximum Gasteiger partial charge on any atom is 0.318 e. The number of ether oxygens (including phenoxy) is 1. The lowest BCUT2D eigenvalue weighted by Crippen LogP contribution is -2.49. The number of rotatable bonds is 2. The Hall–Kier alpha value is -2.67. The third kappa shape index (κ3) is 2.64. The van der Waals surface area contributed by atoms with E-state index in [4.69, 9.17) is 4.74 Å². The molecule has 0 bridgehead atoms. The molecule has 0 radical (unpaired) electrons. The fourth-order valence-corrected chi connectivity index (χ4v) is 4.86. The van der Waals surface area contributed by atoms with Gasteiger partial charge in [-0.25, -0.2) is 0 Å². The van der Waals surface area contributed by atoms with Gasteiger partial charge < -0.3 is 20.3 Å². The first-order valence-electron chi connectivity index (χ1n) is 10.0. The summed E-state index contributed by atoms with van der Waals surface area (Å²) in [6, 6.07) is 8.70. The Labute approximate surface area is 164 Å². The van der Waals surface area contributed by atoms with Gasteiger partial charge in [0.15, 0.2) is 5.82 Å². The molecular weight excluding hydrogens is 354 g/mol. The third-order valence-electron chi connectivity index (χ3n) is 6.27. The molecule has 2 aliphatic heterocycles. The molecule has 7 nitrogen and oxygen atoms in total. The minimum absolute atomic E-state index is 0.0669. The van der Waals surface area contributed by atoms with Crippen molar-refractivity contribution in [1.82, 2.24) is 15.3 Å². The van der Waals surface area contributed by atoms with Gasteiger partial charge in [0.1, 0.15) is 5.69 Å². The van der Waals surface area contributed by atoms with E-state index in [-0.39, 0.29) is 5.91 Å². The number of carbonyl (C=O) groups excluding carboxylic acids is 1. The van der Waals surface area contributed by atoms with E-state index in [1.807, 2.05) is 6.07 Å². The molecule has 5 rings (SSSR count). The first-order chi connectivity index (χ1) is 13.7. The Morgan fingerprint density at radius 1 is 1.18 bits per heavy atom. The number of nitrogens with zero attached hydrogens (tertiary/aromatic N) is 3. The molecule has 1 amide bonds. The zero-order valence-corrected chi connectivity index (χ0v) is 16.1. The van der Waals surface area contributed by atoms with E-state index in [2.05, 4.69) is 43.7 Å². The monoisotopic (exact) mass is 379 g/mol. The van der Waals surface area contributed by atoms with Crippen LogP contribution in [0.3, 0.4) is 0 Å². The van der Waals surface area contributed by atoms with Gasteiger partial charge in [-0.1, -0.05) is 24.3 Å². The number of nitrogens with one attached hydrogen (secondary N) is 2. The third-order valence-corrected chi connectivity index (χ3v) is 6.27. The molecule has 1 atom stereocenters. The second-order valence-electron chi connectivity index (χ2n) is 7.82. The number of fused-ring (bicyclic) bond motifs is 3. The summed E-state index contributed by atoms with van der Waals surface area (Å²) in [6.45, 7) is 3.48. The molecule has 2 aromatic rings.